The standard InChI is InChI=1S/C20H33N5OS/c1-5-21-19(24-17-10-11-18(12-17)27-4)22-13-15-6-8-16(9-7-15)25-20(26)23-14(2)3/h6-9,14,17-18H,5,10-13H2,1-4H3,(H2,21,22,24)(H2,23,25,26). The van der Waals surface area contributed by atoms with E-state index >= 15 is 0 Å². The summed E-state index contributed by atoms with van der Waals surface area (Å²) in [5.41, 5.74) is 1.88. The molecular formula is C20H33N5OS. The molecule has 0 heterocycles. The monoisotopic (exact) mass is 391 g/mol. The van der Waals surface area contributed by atoms with E-state index in [0.717, 1.165) is 29.0 Å². The van der Waals surface area contributed by atoms with Crippen LogP contribution in [0.1, 0.15) is 45.6 Å². The molecule has 4 N–H and O–H groups in total. The van der Waals surface area contributed by atoms with E-state index in [1.54, 1.807) is 0 Å². The van der Waals surface area contributed by atoms with Crippen LogP contribution in [0.5, 0.6) is 0 Å². The normalized spacial score (nSPS) is 19.8. The van der Waals surface area contributed by atoms with Gasteiger partial charge in [0.1, 0.15) is 0 Å². The number of rotatable bonds is 7. The molecule has 0 saturated heterocycles. The SMILES string of the molecule is CCNC(=NCc1ccc(NC(=O)NC(C)C)cc1)NC1CCC(SC)C1. The number of amides is 2. The van der Waals surface area contributed by atoms with E-state index in [9.17, 15) is 4.79 Å². The van der Waals surface area contributed by atoms with Crippen LogP contribution in [0.25, 0.3) is 0 Å². The van der Waals surface area contributed by atoms with Crippen LogP contribution in [0.4, 0.5) is 10.5 Å². The van der Waals surface area contributed by atoms with E-state index in [0.29, 0.717) is 12.6 Å². The molecule has 1 fully saturated rings. The Kier molecular flexibility index (Phi) is 8.78. The molecule has 0 radical (unpaired) electrons. The molecule has 2 amide bonds. The minimum absolute atomic E-state index is 0.113. The lowest BCUT2D eigenvalue weighted by Crippen LogP contribution is -2.42. The third kappa shape index (κ3) is 7.71. The zero-order valence-electron chi connectivity index (χ0n) is 16.8. The van der Waals surface area contributed by atoms with Gasteiger partial charge >= 0.3 is 6.03 Å². The zero-order valence-corrected chi connectivity index (χ0v) is 17.7. The number of hydrogen-bond donors (Lipinski definition) is 4. The summed E-state index contributed by atoms with van der Waals surface area (Å²) >= 11 is 1.96. The number of urea groups is 1. The van der Waals surface area contributed by atoms with Crippen molar-refractivity contribution in [2.24, 2.45) is 4.99 Å². The highest BCUT2D eigenvalue weighted by atomic mass is 32.2. The molecule has 2 rings (SSSR count). The predicted molar refractivity (Wildman–Crippen MR) is 117 cm³/mol. The molecule has 0 bridgehead atoms. The second kappa shape index (κ2) is 11.1. The van der Waals surface area contributed by atoms with E-state index in [-0.39, 0.29) is 12.1 Å². The van der Waals surface area contributed by atoms with Gasteiger partial charge in [0.05, 0.1) is 6.54 Å². The molecular weight excluding hydrogens is 358 g/mol. The number of aliphatic imine (C=N–C) groups is 1. The highest BCUT2D eigenvalue weighted by Gasteiger charge is 2.24. The van der Waals surface area contributed by atoms with Crippen molar-refractivity contribution < 1.29 is 4.79 Å². The second-order valence-corrected chi connectivity index (χ2v) is 8.30. The van der Waals surface area contributed by atoms with Crippen molar-refractivity contribution in [1.82, 2.24) is 16.0 Å². The van der Waals surface area contributed by atoms with Crippen LogP contribution in [0, 0.1) is 0 Å². The van der Waals surface area contributed by atoms with Gasteiger partial charge in [0, 0.05) is 29.6 Å². The van der Waals surface area contributed by atoms with Crippen molar-refractivity contribution in [3.8, 4) is 0 Å². The fourth-order valence-corrected chi connectivity index (χ4v) is 3.89. The molecule has 0 spiro atoms. The van der Waals surface area contributed by atoms with E-state index in [4.69, 9.17) is 4.99 Å². The lowest BCUT2D eigenvalue weighted by molar-refractivity contribution is 0.250. The van der Waals surface area contributed by atoms with Crippen LogP contribution in [-0.2, 0) is 6.54 Å². The van der Waals surface area contributed by atoms with Gasteiger partial charge in [-0.1, -0.05) is 12.1 Å². The zero-order chi connectivity index (χ0) is 19.6. The molecule has 1 aromatic carbocycles. The maximum atomic E-state index is 11.7. The Morgan fingerprint density at radius 3 is 2.59 bits per heavy atom. The topological polar surface area (TPSA) is 77.5 Å². The van der Waals surface area contributed by atoms with Crippen molar-refractivity contribution in [3.63, 3.8) is 0 Å². The number of benzene rings is 1. The van der Waals surface area contributed by atoms with Gasteiger partial charge in [-0.15, -0.1) is 0 Å². The summed E-state index contributed by atoms with van der Waals surface area (Å²) < 4.78 is 0. The third-order valence-electron chi connectivity index (χ3n) is 4.45. The lowest BCUT2D eigenvalue weighted by Gasteiger charge is -2.17. The van der Waals surface area contributed by atoms with Gasteiger partial charge in [0.25, 0.3) is 0 Å². The van der Waals surface area contributed by atoms with Crippen molar-refractivity contribution in [2.75, 3.05) is 18.1 Å². The minimum Gasteiger partial charge on any atom is -0.357 e. The predicted octanol–water partition coefficient (Wildman–Crippen LogP) is 3.56. The first-order valence-corrected chi connectivity index (χ1v) is 11.0. The van der Waals surface area contributed by atoms with Crippen LogP contribution in [0.15, 0.2) is 29.3 Å². The van der Waals surface area contributed by atoms with E-state index < -0.39 is 0 Å². The highest BCUT2D eigenvalue weighted by molar-refractivity contribution is 7.99. The first kappa shape index (κ1) is 21.4. The Hall–Kier alpha value is -1.89. The number of carbonyl (C=O) groups is 1. The average Bonchev–Trinajstić information content (AvgIpc) is 3.08. The number of anilines is 1. The molecule has 1 aliphatic rings. The van der Waals surface area contributed by atoms with Crippen molar-refractivity contribution in [2.45, 2.75) is 63.9 Å². The van der Waals surface area contributed by atoms with Crippen LogP contribution < -0.4 is 21.3 Å². The van der Waals surface area contributed by atoms with Crippen molar-refractivity contribution >= 4 is 29.4 Å². The first-order valence-electron chi connectivity index (χ1n) is 9.74. The van der Waals surface area contributed by atoms with Gasteiger partial charge < -0.3 is 21.3 Å². The smallest absolute Gasteiger partial charge is 0.319 e. The molecule has 1 saturated carbocycles. The minimum atomic E-state index is -0.186. The Bertz CT molecular complexity index is 617. The lowest BCUT2D eigenvalue weighted by atomic mass is 10.2. The van der Waals surface area contributed by atoms with E-state index in [1.807, 2.05) is 49.9 Å². The van der Waals surface area contributed by atoms with Gasteiger partial charge in [-0.3, -0.25) is 0 Å². The van der Waals surface area contributed by atoms with Crippen LogP contribution in [0.2, 0.25) is 0 Å². The Morgan fingerprint density at radius 1 is 1.26 bits per heavy atom. The summed E-state index contributed by atoms with van der Waals surface area (Å²) in [7, 11) is 0. The van der Waals surface area contributed by atoms with Crippen LogP contribution >= 0.6 is 11.8 Å². The molecule has 27 heavy (non-hydrogen) atoms. The maximum Gasteiger partial charge on any atom is 0.319 e. The van der Waals surface area contributed by atoms with Gasteiger partial charge in [0.15, 0.2) is 5.96 Å². The maximum absolute atomic E-state index is 11.7. The molecule has 1 aliphatic carbocycles. The van der Waals surface area contributed by atoms with Crippen LogP contribution in [-0.4, -0.2) is 42.1 Å². The molecule has 7 heteroatoms. The molecule has 0 aromatic heterocycles. The summed E-state index contributed by atoms with van der Waals surface area (Å²) in [6.07, 6.45) is 5.87. The number of thioether (sulfide) groups is 1. The van der Waals surface area contributed by atoms with Crippen molar-refractivity contribution in [1.29, 1.82) is 0 Å². The van der Waals surface area contributed by atoms with Gasteiger partial charge in [-0.05, 0) is 64.0 Å². The third-order valence-corrected chi connectivity index (χ3v) is 5.55. The first-order chi connectivity index (χ1) is 13.0. The Morgan fingerprint density at radius 2 is 2.00 bits per heavy atom. The van der Waals surface area contributed by atoms with Gasteiger partial charge in [0.2, 0.25) is 0 Å². The summed E-state index contributed by atoms with van der Waals surface area (Å²) in [4.78, 5) is 16.5. The number of nitrogens with one attached hydrogen (secondary N) is 4. The van der Waals surface area contributed by atoms with Crippen molar-refractivity contribution in [3.05, 3.63) is 29.8 Å². The Labute approximate surface area is 167 Å². The molecule has 6 nitrogen and oxygen atoms in total. The summed E-state index contributed by atoms with van der Waals surface area (Å²) in [6, 6.07) is 8.24. The van der Waals surface area contributed by atoms with Crippen LogP contribution in [0.3, 0.4) is 0 Å². The number of hydrogen-bond acceptors (Lipinski definition) is 3. The van der Waals surface area contributed by atoms with Gasteiger partial charge in [-0.2, -0.15) is 11.8 Å². The molecule has 0 aliphatic heterocycles. The van der Waals surface area contributed by atoms with Gasteiger partial charge in [-0.25, -0.2) is 9.79 Å². The number of nitrogens with zero attached hydrogens (tertiary/aromatic N) is 1. The number of guanidine groups is 1. The highest BCUT2D eigenvalue weighted by Crippen LogP contribution is 2.28. The average molecular weight is 392 g/mol. The summed E-state index contributed by atoms with van der Waals surface area (Å²) in [5, 5.41) is 13.3. The summed E-state index contributed by atoms with van der Waals surface area (Å²) in [5.74, 6) is 0.878. The second-order valence-electron chi connectivity index (χ2n) is 7.16. The fraction of sp³-hybridized carbons (Fsp3) is 0.600. The summed E-state index contributed by atoms with van der Waals surface area (Å²) in [6.45, 7) is 7.40. The fourth-order valence-electron chi connectivity index (χ4n) is 3.09. The quantitative estimate of drug-likeness (QED) is 0.423. The molecule has 2 unspecified atom stereocenters. The molecule has 2 atom stereocenters. The van der Waals surface area contributed by atoms with E-state index in [2.05, 4.69) is 34.4 Å². The largest absolute Gasteiger partial charge is 0.357 e. The Balaban J connectivity index is 1.88. The van der Waals surface area contributed by atoms with E-state index in [1.165, 1.54) is 19.3 Å². The molecule has 1 aromatic rings. The molecule has 150 valence electrons. The number of carbonyl (C=O) groups excluding carboxylic acids is 1.